The molecule has 4 aromatic rings. The van der Waals surface area contributed by atoms with E-state index in [1.54, 1.807) is 24.4 Å². The third kappa shape index (κ3) is 5.16. The quantitative estimate of drug-likeness (QED) is 0.327. The molecule has 0 fully saturated rings. The molecular formula is C27H20F2N6O3. The summed E-state index contributed by atoms with van der Waals surface area (Å²) in [6.07, 6.45) is 11.0. The number of nitrogens with zero attached hydrogens (tertiary/aromatic N) is 3. The van der Waals surface area contributed by atoms with E-state index < -0.39 is 23.1 Å². The summed E-state index contributed by atoms with van der Waals surface area (Å²) >= 11 is 0. The Balaban J connectivity index is 1.22. The van der Waals surface area contributed by atoms with Gasteiger partial charge in [0.25, 0.3) is 17.4 Å². The standard InChI is InChI=1S/C27H20F2N6O3/c28-21-6-4-17(10-22(21)29)14-35-9-8-31-24(27(35)38)26(37)32-7-1-2-16-3-5-19-20(12-18-13-30-15-33-18)25(36)34-23(19)11-16/h1-6,8-13,15H,7,14H2,(H,30,33)(H,32,37)(H,34,36)/b2-1+,20-12-. The van der Waals surface area contributed by atoms with Gasteiger partial charge in [-0.25, -0.2) is 18.7 Å². The van der Waals surface area contributed by atoms with Crippen LogP contribution in [-0.4, -0.2) is 37.9 Å². The average molecular weight is 514 g/mol. The normalized spacial score (nSPS) is 13.6. The van der Waals surface area contributed by atoms with E-state index in [-0.39, 0.29) is 24.7 Å². The monoisotopic (exact) mass is 514 g/mol. The van der Waals surface area contributed by atoms with Gasteiger partial charge in [0.1, 0.15) is 0 Å². The molecule has 2 amide bonds. The van der Waals surface area contributed by atoms with Crippen LogP contribution in [0.2, 0.25) is 0 Å². The number of benzene rings is 2. The van der Waals surface area contributed by atoms with Crippen LogP contribution in [0.3, 0.4) is 0 Å². The highest BCUT2D eigenvalue weighted by Crippen LogP contribution is 2.33. The summed E-state index contributed by atoms with van der Waals surface area (Å²) < 4.78 is 27.8. The summed E-state index contributed by atoms with van der Waals surface area (Å²) in [5, 5.41) is 5.44. The summed E-state index contributed by atoms with van der Waals surface area (Å²) in [7, 11) is 0. The number of imidazole rings is 1. The maximum atomic E-state index is 13.5. The molecule has 11 heteroatoms. The number of carbonyl (C=O) groups is 2. The zero-order valence-corrected chi connectivity index (χ0v) is 19.7. The Morgan fingerprint density at radius 2 is 1.97 bits per heavy atom. The predicted octanol–water partition coefficient (Wildman–Crippen LogP) is 3.23. The number of H-pyrrole nitrogens is 1. The van der Waals surface area contributed by atoms with E-state index in [9.17, 15) is 23.2 Å². The fourth-order valence-corrected chi connectivity index (χ4v) is 3.95. The van der Waals surface area contributed by atoms with E-state index in [0.717, 1.165) is 23.3 Å². The molecule has 0 aliphatic carbocycles. The highest BCUT2D eigenvalue weighted by molar-refractivity contribution is 6.34. The summed E-state index contributed by atoms with van der Waals surface area (Å²) in [6, 6.07) is 8.81. The highest BCUT2D eigenvalue weighted by atomic mass is 19.2. The van der Waals surface area contributed by atoms with Crippen molar-refractivity contribution < 1.29 is 18.4 Å². The minimum absolute atomic E-state index is 0.0492. The Labute approximate surface area is 214 Å². The molecule has 0 radical (unpaired) electrons. The van der Waals surface area contributed by atoms with Gasteiger partial charge >= 0.3 is 0 Å². The molecule has 190 valence electrons. The lowest BCUT2D eigenvalue weighted by molar-refractivity contribution is -0.110. The number of fused-ring (bicyclic) bond motifs is 1. The fraction of sp³-hybridized carbons (Fsp3) is 0.0741. The third-order valence-corrected chi connectivity index (χ3v) is 5.80. The predicted molar refractivity (Wildman–Crippen MR) is 137 cm³/mol. The topological polar surface area (TPSA) is 122 Å². The van der Waals surface area contributed by atoms with E-state index in [0.29, 0.717) is 22.5 Å². The van der Waals surface area contributed by atoms with Gasteiger partial charge in [0.15, 0.2) is 17.3 Å². The van der Waals surface area contributed by atoms with E-state index >= 15 is 0 Å². The second-order valence-corrected chi connectivity index (χ2v) is 8.39. The maximum absolute atomic E-state index is 13.5. The molecule has 2 aromatic carbocycles. The van der Waals surface area contributed by atoms with Gasteiger partial charge in [-0.2, -0.15) is 0 Å². The highest BCUT2D eigenvalue weighted by Gasteiger charge is 2.24. The van der Waals surface area contributed by atoms with Crippen molar-refractivity contribution in [2.24, 2.45) is 0 Å². The number of halogens is 2. The van der Waals surface area contributed by atoms with Crippen molar-refractivity contribution in [3.05, 3.63) is 117 Å². The number of aromatic amines is 1. The van der Waals surface area contributed by atoms with Gasteiger partial charge in [-0.05, 0) is 35.4 Å². The van der Waals surface area contributed by atoms with Gasteiger partial charge in [-0.1, -0.05) is 30.4 Å². The lowest BCUT2D eigenvalue weighted by Gasteiger charge is -2.08. The van der Waals surface area contributed by atoms with Gasteiger partial charge in [0.05, 0.1) is 30.3 Å². The van der Waals surface area contributed by atoms with Gasteiger partial charge in [0, 0.05) is 30.2 Å². The van der Waals surface area contributed by atoms with E-state index in [1.165, 1.54) is 29.4 Å². The van der Waals surface area contributed by atoms with Crippen LogP contribution in [0.4, 0.5) is 14.5 Å². The van der Waals surface area contributed by atoms with E-state index in [2.05, 4.69) is 25.6 Å². The number of aromatic nitrogens is 4. The molecule has 38 heavy (non-hydrogen) atoms. The van der Waals surface area contributed by atoms with Gasteiger partial charge in [-0.15, -0.1) is 0 Å². The van der Waals surface area contributed by atoms with E-state index in [4.69, 9.17) is 0 Å². The Morgan fingerprint density at radius 1 is 1.11 bits per heavy atom. The van der Waals surface area contributed by atoms with E-state index in [1.807, 2.05) is 18.2 Å². The van der Waals surface area contributed by atoms with Crippen molar-refractivity contribution in [1.29, 1.82) is 0 Å². The van der Waals surface area contributed by atoms with Crippen LogP contribution in [0, 0.1) is 11.6 Å². The number of nitrogens with one attached hydrogen (secondary N) is 3. The largest absolute Gasteiger partial charge is 0.347 e. The fourth-order valence-electron chi connectivity index (χ4n) is 3.95. The molecule has 0 saturated heterocycles. The minimum Gasteiger partial charge on any atom is -0.347 e. The van der Waals surface area contributed by atoms with Gasteiger partial charge in [-0.3, -0.25) is 14.4 Å². The first kappa shape index (κ1) is 24.5. The molecule has 0 saturated carbocycles. The van der Waals surface area contributed by atoms with Crippen LogP contribution in [0.1, 0.15) is 32.9 Å². The summed E-state index contributed by atoms with van der Waals surface area (Å²) in [5.74, 6) is -2.89. The molecule has 0 spiro atoms. The Kier molecular flexibility index (Phi) is 6.72. The number of carbonyl (C=O) groups excluding carboxylic acids is 2. The molecule has 5 rings (SSSR count). The van der Waals surface area contributed by atoms with Crippen molar-refractivity contribution in [3.63, 3.8) is 0 Å². The number of hydrogen-bond donors (Lipinski definition) is 3. The van der Waals surface area contributed by atoms with Crippen LogP contribution >= 0.6 is 0 Å². The van der Waals surface area contributed by atoms with Crippen molar-refractivity contribution in [2.75, 3.05) is 11.9 Å². The number of rotatable bonds is 7. The first-order valence-corrected chi connectivity index (χ1v) is 11.5. The minimum atomic E-state index is -1.02. The number of anilines is 1. The Hall–Kier alpha value is -5.19. The number of hydrogen-bond acceptors (Lipinski definition) is 5. The third-order valence-electron chi connectivity index (χ3n) is 5.80. The second kappa shape index (κ2) is 10.4. The smallest absolute Gasteiger partial charge is 0.282 e. The van der Waals surface area contributed by atoms with Gasteiger partial charge in [0.2, 0.25) is 0 Å². The number of amides is 2. The zero-order chi connectivity index (χ0) is 26.6. The molecule has 0 atom stereocenters. The van der Waals surface area contributed by atoms with Crippen molar-refractivity contribution in [3.8, 4) is 0 Å². The van der Waals surface area contributed by atoms with Crippen LogP contribution in [0.15, 0.2) is 72.2 Å². The molecule has 1 aliphatic rings. The van der Waals surface area contributed by atoms with Crippen LogP contribution < -0.4 is 16.2 Å². The zero-order valence-electron chi connectivity index (χ0n) is 19.7. The lowest BCUT2D eigenvalue weighted by Crippen LogP contribution is -2.34. The first-order chi connectivity index (χ1) is 18.4. The van der Waals surface area contributed by atoms with Gasteiger partial charge < -0.3 is 20.2 Å². The molecule has 1 aliphatic heterocycles. The summed E-state index contributed by atoms with van der Waals surface area (Å²) in [6.45, 7) is 0.0683. The van der Waals surface area contributed by atoms with Crippen molar-refractivity contribution in [2.45, 2.75) is 6.54 Å². The molecule has 0 unspecified atom stereocenters. The molecule has 0 bridgehead atoms. The summed E-state index contributed by atoms with van der Waals surface area (Å²) in [5.41, 5.74) is 2.86. The molecule has 9 nitrogen and oxygen atoms in total. The SMILES string of the molecule is O=C1Nc2cc(/C=C/CNC(=O)c3nccn(Cc4ccc(F)c(F)c4)c3=O)ccc2/C1=C/c1cnc[nH]1. The first-order valence-electron chi connectivity index (χ1n) is 11.5. The molecular weight excluding hydrogens is 494 g/mol. The average Bonchev–Trinajstić information content (AvgIpc) is 3.53. The molecule has 3 N–H and O–H groups in total. The van der Waals surface area contributed by atoms with Crippen molar-refractivity contribution in [1.82, 2.24) is 24.8 Å². The second-order valence-electron chi connectivity index (χ2n) is 8.39. The maximum Gasteiger partial charge on any atom is 0.282 e. The molecule has 3 heterocycles. The lowest BCUT2D eigenvalue weighted by atomic mass is 10.0. The molecule has 2 aromatic heterocycles. The van der Waals surface area contributed by atoms with Crippen LogP contribution in [0.25, 0.3) is 17.7 Å². The Morgan fingerprint density at radius 3 is 2.76 bits per heavy atom. The van der Waals surface area contributed by atoms with Crippen LogP contribution in [-0.2, 0) is 11.3 Å². The Bertz CT molecular complexity index is 1660. The summed E-state index contributed by atoms with van der Waals surface area (Å²) in [4.78, 5) is 48.4. The van der Waals surface area contributed by atoms with Crippen molar-refractivity contribution >= 4 is 35.2 Å². The van der Waals surface area contributed by atoms with Crippen LogP contribution in [0.5, 0.6) is 0 Å².